The molecule has 5 nitrogen and oxygen atoms in total. The van der Waals surface area contributed by atoms with Gasteiger partial charge in [-0.2, -0.15) is 16.5 Å². The number of hydrogen-bond donors (Lipinski definition) is 2. The van der Waals surface area contributed by atoms with Crippen LogP contribution in [0, 0.1) is 5.82 Å². The van der Waals surface area contributed by atoms with Crippen LogP contribution in [-0.4, -0.2) is 32.4 Å². The van der Waals surface area contributed by atoms with Gasteiger partial charge in [0.15, 0.2) is 0 Å². The molecular weight excluding hydrogens is 423 g/mol. The van der Waals surface area contributed by atoms with Crippen molar-refractivity contribution >= 4 is 39.3 Å². The van der Waals surface area contributed by atoms with E-state index in [-0.39, 0.29) is 12.5 Å². The zero-order valence-corrected chi connectivity index (χ0v) is 17.9. The minimum Gasteiger partial charge on any atom is -0.348 e. The largest absolute Gasteiger partial charge is 0.348 e. The van der Waals surface area contributed by atoms with Crippen molar-refractivity contribution in [3.05, 3.63) is 64.9 Å². The molecule has 0 aliphatic rings. The fourth-order valence-corrected chi connectivity index (χ4v) is 4.54. The fraction of sp³-hybridized carbons (Fsp3) is 0.316. The Morgan fingerprint density at radius 1 is 1.21 bits per heavy atom. The van der Waals surface area contributed by atoms with E-state index in [0.717, 1.165) is 17.7 Å². The van der Waals surface area contributed by atoms with Gasteiger partial charge in [0.2, 0.25) is 15.9 Å². The van der Waals surface area contributed by atoms with Gasteiger partial charge < -0.3 is 5.32 Å². The molecule has 0 aromatic heterocycles. The zero-order chi connectivity index (χ0) is 20.7. The van der Waals surface area contributed by atoms with E-state index in [1.807, 2.05) is 12.3 Å². The third-order valence-electron chi connectivity index (χ3n) is 4.06. The highest BCUT2D eigenvalue weighted by molar-refractivity contribution is 7.98. The predicted molar refractivity (Wildman–Crippen MR) is 112 cm³/mol. The van der Waals surface area contributed by atoms with Crippen LogP contribution in [0.3, 0.4) is 0 Å². The Balaban J connectivity index is 2.18. The lowest BCUT2D eigenvalue weighted by molar-refractivity contribution is -0.123. The number of halogens is 2. The first-order valence-corrected chi connectivity index (χ1v) is 11.8. The van der Waals surface area contributed by atoms with Crippen LogP contribution in [0.2, 0.25) is 5.02 Å². The summed E-state index contributed by atoms with van der Waals surface area (Å²) < 4.78 is 41.4. The molecule has 0 spiro atoms. The van der Waals surface area contributed by atoms with E-state index in [9.17, 15) is 17.6 Å². The number of sulfonamides is 1. The van der Waals surface area contributed by atoms with Gasteiger partial charge in [-0.25, -0.2) is 12.8 Å². The van der Waals surface area contributed by atoms with Crippen LogP contribution in [0.4, 0.5) is 4.39 Å². The second-order valence-corrected chi connectivity index (χ2v) is 9.28. The van der Waals surface area contributed by atoms with E-state index in [1.54, 1.807) is 25.1 Å². The van der Waals surface area contributed by atoms with Crippen molar-refractivity contribution in [3.8, 4) is 0 Å². The van der Waals surface area contributed by atoms with E-state index >= 15 is 0 Å². The number of carbonyl (C=O) groups excluding carboxylic acids is 1. The van der Waals surface area contributed by atoms with E-state index in [2.05, 4.69) is 10.0 Å². The molecule has 0 heterocycles. The summed E-state index contributed by atoms with van der Waals surface area (Å²) >= 11 is 7.47. The van der Waals surface area contributed by atoms with Crippen molar-refractivity contribution < 1.29 is 17.6 Å². The Morgan fingerprint density at radius 2 is 1.93 bits per heavy atom. The first-order chi connectivity index (χ1) is 13.2. The summed E-state index contributed by atoms with van der Waals surface area (Å²) in [7, 11) is -4.19. The van der Waals surface area contributed by atoms with Gasteiger partial charge in [-0.15, -0.1) is 0 Å². The lowest BCUT2D eigenvalue weighted by Gasteiger charge is -2.21. The highest BCUT2D eigenvalue weighted by Crippen LogP contribution is 2.19. The molecule has 0 fully saturated rings. The Hall–Kier alpha value is -1.61. The number of hydrogen-bond acceptors (Lipinski definition) is 4. The molecule has 28 heavy (non-hydrogen) atoms. The number of benzene rings is 2. The van der Waals surface area contributed by atoms with Crippen LogP contribution < -0.4 is 10.0 Å². The SMILES string of the molecule is CSCCC(NS(=O)(=O)c1ccccc1F)C(=O)NC(C)c1cccc(Cl)c1. The van der Waals surface area contributed by atoms with E-state index in [0.29, 0.717) is 10.8 Å². The van der Waals surface area contributed by atoms with Crippen molar-refractivity contribution in [1.82, 2.24) is 10.0 Å². The third-order valence-corrected chi connectivity index (χ3v) is 6.44. The first-order valence-electron chi connectivity index (χ1n) is 8.56. The zero-order valence-electron chi connectivity index (χ0n) is 15.5. The second kappa shape index (κ2) is 10.2. The topological polar surface area (TPSA) is 75.3 Å². The van der Waals surface area contributed by atoms with Crippen LogP contribution in [0.15, 0.2) is 53.4 Å². The van der Waals surface area contributed by atoms with Gasteiger partial charge in [0, 0.05) is 5.02 Å². The molecule has 0 bridgehead atoms. The summed E-state index contributed by atoms with van der Waals surface area (Å²) in [6.45, 7) is 1.78. The molecule has 2 atom stereocenters. The van der Waals surface area contributed by atoms with Gasteiger partial charge in [-0.3, -0.25) is 4.79 Å². The molecule has 1 amide bonds. The monoisotopic (exact) mass is 444 g/mol. The van der Waals surface area contributed by atoms with E-state index in [1.165, 1.54) is 23.9 Å². The molecule has 2 unspecified atom stereocenters. The van der Waals surface area contributed by atoms with Crippen LogP contribution in [0.25, 0.3) is 0 Å². The normalized spacial score (nSPS) is 13.7. The van der Waals surface area contributed by atoms with Crippen molar-refractivity contribution in [2.75, 3.05) is 12.0 Å². The Kier molecular flexibility index (Phi) is 8.30. The van der Waals surface area contributed by atoms with Crippen molar-refractivity contribution in [2.45, 2.75) is 30.3 Å². The van der Waals surface area contributed by atoms with Crippen molar-refractivity contribution in [1.29, 1.82) is 0 Å². The minimum atomic E-state index is -4.19. The quantitative estimate of drug-likeness (QED) is 0.617. The molecule has 0 saturated carbocycles. The molecule has 0 radical (unpaired) electrons. The molecule has 0 aliphatic heterocycles. The number of amides is 1. The van der Waals surface area contributed by atoms with Crippen LogP contribution in [-0.2, 0) is 14.8 Å². The standard InChI is InChI=1S/C19H22ClFN2O3S2/c1-13(14-6-5-7-15(20)12-14)22-19(24)17(10-11-27-2)23-28(25,26)18-9-4-3-8-16(18)21/h3-9,12-13,17,23H,10-11H2,1-2H3,(H,22,24). The molecule has 2 aromatic carbocycles. The number of thioether (sulfide) groups is 1. The number of rotatable bonds is 9. The summed E-state index contributed by atoms with van der Waals surface area (Å²) in [4.78, 5) is 12.3. The highest BCUT2D eigenvalue weighted by Gasteiger charge is 2.28. The summed E-state index contributed by atoms with van der Waals surface area (Å²) in [6.07, 6.45) is 2.12. The number of carbonyl (C=O) groups is 1. The molecular formula is C19H22ClFN2O3S2. The van der Waals surface area contributed by atoms with E-state index in [4.69, 9.17) is 11.6 Å². The van der Waals surface area contributed by atoms with Crippen LogP contribution in [0.1, 0.15) is 24.9 Å². The Morgan fingerprint density at radius 3 is 2.57 bits per heavy atom. The smallest absolute Gasteiger partial charge is 0.244 e. The highest BCUT2D eigenvalue weighted by atomic mass is 35.5. The average Bonchev–Trinajstić information content (AvgIpc) is 2.65. The van der Waals surface area contributed by atoms with Gasteiger partial charge in [0.05, 0.1) is 6.04 Å². The molecule has 2 rings (SSSR count). The maximum atomic E-state index is 13.9. The summed E-state index contributed by atoms with van der Waals surface area (Å²) in [5.74, 6) is -0.795. The second-order valence-electron chi connectivity index (χ2n) is 6.17. The summed E-state index contributed by atoms with van der Waals surface area (Å²) in [5.41, 5.74) is 0.793. The molecule has 2 N–H and O–H groups in total. The lowest BCUT2D eigenvalue weighted by Crippen LogP contribution is -2.47. The van der Waals surface area contributed by atoms with Crippen molar-refractivity contribution in [2.24, 2.45) is 0 Å². The molecule has 9 heteroatoms. The predicted octanol–water partition coefficient (Wildman–Crippen LogP) is 3.76. The Labute approximate surface area is 174 Å². The van der Waals surface area contributed by atoms with E-state index < -0.39 is 32.7 Å². The van der Waals surface area contributed by atoms with Crippen molar-refractivity contribution in [3.63, 3.8) is 0 Å². The fourth-order valence-electron chi connectivity index (χ4n) is 2.57. The average molecular weight is 445 g/mol. The molecule has 152 valence electrons. The van der Waals surface area contributed by atoms with Gasteiger partial charge in [-0.05, 0) is 55.2 Å². The molecule has 0 aliphatic carbocycles. The molecule has 2 aromatic rings. The van der Waals surface area contributed by atoms with Gasteiger partial charge >= 0.3 is 0 Å². The van der Waals surface area contributed by atoms with Gasteiger partial charge in [0.25, 0.3) is 0 Å². The van der Waals surface area contributed by atoms with Gasteiger partial charge in [0.1, 0.15) is 16.8 Å². The first kappa shape index (κ1) is 22.7. The van der Waals surface area contributed by atoms with Crippen LogP contribution in [0.5, 0.6) is 0 Å². The van der Waals surface area contributed by atoms with Gasteiger partial charge in [-0.1, -0.05) is 35.9 Å². The maximum Gasteiger partial charge on any atom is 0.244 e. The minimum absolute atomic E-state index is 0.267. The summed E-state index contributed by atoms with van der Waals surface area (Å²) in [5, 5.41) is 3.33. The van der Waals surface area contributed by atoms with Crippen LogP contribution >= 0.6 is 23.4 Å². The third kappa shape index (κ3) is 6.20. The Bertz CT molecular complexity index is 925. The lowest BCUT2D eigenvalue weighted by atomic mass is 10.1. The number of nitrogens with one attached hydrogen (secondary N) is 2. The maximum absolute atomic E-state index is 13.9. The summed E-state index contributed by atoms with van der Waals surface area (Å²) in [6, 6.07) is 10.7. The molecule has 0 saturated heterocycles.